The molecule has 1 fully saturated rings. The first-order valence-electron chi connectivity index (χ1n) is 8.65. The van der Waals surface area contributed by atoms with E-state index in [0.717, 1.165) is 24.8 Å². The Balaban J connectivity index is 1.83. The Hall–Kier alpha value is -1.62. The third kappa shape index (κ3) is 5.48. The Morgan fingerprint density at radius 2 is 1.96 bits per heavy atom. The average molecular weight is 336 g/mol. The van der Waals surface area contributed by atoms with Crippen molar-refractivity contribution in [3.05, 3.63) is 35.1 Å². The first-order valence-corrected chi connectivity index (χ1v) is 8.65. The maximum Gasteiger partial charge on any atom is 0.407 e. The second-order valence-corrected chi connectivity index (χ2v) is 7.75. The van der Waals surface area contributed by atoms with Crippen LogP contribution in [0.5, 0.6) is 0 Å². The number of nitrogens with one attached hydrogen (secondary N) is 2. The van der Waals surface area contributed by atoms with E-state index in [1.54, 1.807) is 13.0 Å². The van der Waals surface area contributed by atoms with Gasteiger partial charge in [-0.25, -0.2) is 9.18 Å². The predicted molar refractivity (Wildman–Crippen MR) is 93.5 cm³/mol. The number of aryl methyl sites for hydroxylation is 1. The molecule has 0 saturated heterocycles. The van der Waals surface area contributed by atoms with Gasteiger partial charge in [-0.1, -0.05) is 12.1 Å². The highest BCUT2D eigenvalue weighted by molar-refractivity contribution is 5.68. The smallest absolute Gasteiger partial charge is 0.407 e. The molecule has 3 unspecified atom stereocenters. The van der Waals surface area contributed by atoms with Gasteiger partial charge in [-0.05, 0) is 71.1 Å². The lowest BCUT2D eigenvalue weighted by Crippen LogP contribution is -2.39. The summed E-state index contributed by atoms with van der Waals surface area (Å²) >= 11 is 0. The van der Waals surface area contributed by atoms with E-state index < -0.39 is 5.60 Å². The molecule has 1 aliphatic carbocycles. The molecule has 0 radical (unpaired) electrons. The SMILES string of the molecule is Cc1ccc(C(C)NC2CCC(NC(=O)OC(C)(C)C)C2)cc1F. The van der Waals surface area contributed by atoms with Crippen LogP contribution in [0.1, 0.15) is 64.1 Å². The van der Waals surface area contributed by atoms with E-state index in [4.69, 9.17) is 4.74 Å². The molecule has 0 bridgehead atoms. The lowest BCUT2D eigenvalue weighted by Gasteiger charge is -2.22. The molecule has 1 aromatic carbocycles. The van der Waals surface area contributed by atoms with Crippen LogP contribution < -0.4 is 10.6 Å². The third-order valence-electron chi connectivity index (χ3n) is 4.34. The van der Waals surface area contributed by atoms with Crippen LogP contribution in [0, 0.1) is 12.7 Å². The molecule has 0 aliphatic heterocycles. The maximum atomic E-state index is 13.7. The number of hydrogen-bond donors (Lipinski definition) is 2. The summed E-state index contributed by atoms with van der Waals surface area (Å²) < 4.78 is 19.0. The third-order valence-corrected chi connectivity index (χ3v) is 4.34. The van der Waals surface area contributed by atoms with Crippen LogP contribution in [0.4, 0.5) is 9.18 Å². The number of amides is 1. The molecule has 5 heteroatoms. The normalized spacial score (nSPS) is 22.2. The molecule has 2 rings (SSSR count). The van der Waals surface area contributed by atoms with Gasteiger partial charge in [0.05, 0.1) is 0 Å². The molecule has 1 amide bonds. The number of halogens is 1. The summed E-state index contributed by atoms with van der Waals surface area (Å²) in [5, 5.41) is 6.47. The van der Waals surface area contributed by atoms with Gasteiger partial charge >= 0.3 is 6.09 Å². The van der Waals surface area contributed by atoms with Crippen molar-refractivity contribution in [1.29, 1.82) is 0 Å². The van der Waals surface area contributed by atoms with Crippen molar-refractivity contribution in [2.45, 2.75) is 77.6 Å². The highest BCUT2D eigenvalue weighted by Crippen LogP contribution is 2.24. The Bertz CT molecular complexity index is 583. The van der Waals surface area contributed by atoms with Gasteiger partial charge in [0.1, 0.15) is 11.4 Å². The van der Waals surface area contributed by atoms with Crippen LogP contribution >= 0.6 is 0 Å². The minimum Gasteiger partial charge on any atom is -0.444 e. The van der Waals surface area contributed by atoms with Crippen molar-refractivity contribution in [3.8, 4) is 0 Å². The Labute approximate surface area is 144 Å². The van der Waals surface area contributed by atoms with Gasteiger partial charge < -0.3 is 15.4 Å². The van der Waals surface area contributed by atoms with Gasteiger partial charge in [-0.2, -0.15) is 0 Å². The predicted octanol–water partition coefficient (Wildman–Crippen LogP) is 4.23. The molecule has 134 valence electrons. The van der Waals surface area contributed by atoms with Gasteiger partial charge in [0.2, 0.25) is 0 Å². The zero-order valence-corrected chi connectivity index (χ0v) is 15.3. The summed E-state index contributed by atoms with van der Waals surface area (Å²) in [6.07, 6.45) is 2.41. The van der Waals surface area contributed by atoms with Crippen molar-refractivity contribution in [2.24, 2.45) is 0 Å². The number of benzene rings is 1. The quantitative estimate of drug-likeness (QED) is 0.865. The zero-order chi connectivity index (χ0) is 17.9. The second kappa shape index (κ2) is 7.51. The van der Waals surface area contributed by atoms with Crippen molar-refractivity contribution in [1.82, 2.24) is 10.6 Å². The first kappa shape index (κ1) is 18.7. The molecule has 24 heavy (non-hydrogen) atoms. The summed E-state index contributed by atoms with van der Waals surface area (Å²) in [5.74, 6) is -0.169. The Morgan fingerprint density at radius 3 is 2.58 bits per heavy atom. The number of carbonyl (C=O) groups excluding carboxylic acids is 1. The van der Waals surface area contributed by atoms with E-state index in [1.165, 1.54) is 0 Å². The van der Waals surface area contributed by atoms with Crippen molar-refractivity contribution >= 4 is 6.09 Å². The Kier molecular flexibility index (Phi) is 5.86. The van der Waals surface area contributed by atoms with Crippen LogP contribution in [0.3, 0.4) is 0 Å². The zero-order valence-electron chi connectivity index (χ0n) is 15.3. The van der Waals surface area contributed by atoms with Crippen LogP contribution in [0.2, 0.25) is 0 Å². The molecule has 1 aliphatic rings. The summed E-state index contributed by atoms with van der Waals surface area (Å²) in [6, 6.07) is 5.87. The number of ether oxygens (including phenoxy) is 1. The van der Waals surface area contributed by atoms with Gasteiger partial charge in [0.15, 0.2) is 0 Å². The van der Waals surface area contributed by atoms with Crippen LogP contribution in [0.25, 0.3) is 0 Å². The molecule has 2 N–H and O–H groups in total. The van der Waals surface area contributed by atoms with Crippen molar-refractivity contribution in [2.75, 3.05) is 0 Å². The monoisotopic (exact) mass is 336 g/mol. The summed E-state index contributed by atoms with van der Waals surface area (Å²) in [5.41, 5.74) is 1.12. The summed E-state index contributed by atoms with van der Waals surface area (Å²) in [4.78, 5) is 11.8. The van der Waals surface area contributed by atoms with E-state index in [2.05, 4.69) is 10.6 Å². The fourth-order valence-electron chi connectivity index (χ4n) is 3.07. The summed E-state index contributed by atoms with van der Waals surface area (Å²) in [7, 11) is 0. The molecule has 1 saturated carbocycles. The van der Waals surface area contributed by atoms with Crippen molar-refractivity contribution in [3.63, 3.8) is 0 Å². The van der Waals surface area contributed by atoms with Gasteiger partial charge in [-0.3, -0.25) is 0 Å². The number of carbonyl (C=O) groups is 1. The highest BCUT2D eigenvalue weighted by atomic mass is 19.1. The largest absolute Gasteiger partial charge is 0.444 e. The van der Waals surface area contributed by atoms with Crippen LogP contribution in [0.15, 0.2) is 18.2 Å². The molecule has 0 aromatic heterocycles. The standard InChI is InChI=1S/C19H29FN2O2/c1-12-6-7-14(10-17(12)20)13(2)21-15-8-9-16(11-15)22-18(23)24-19(3,4)5/h6-7,10,13,15-16,21H,8-9,11H2,1-5H3,(H,22,23). The lowest BCUT2D eigenvalue weighted by molar-refractivity contribution is 0.0505. The molecular weight excluding hydrogens is 307 g/mol. The average Bonchev–Trinajstić information content (AvgIpc) is 2.86. The van der Waals surface area contributed by atoms with Gasteiger partial charge in [0.25, 0.3) is 0 Å². The van der Waals surface area contributed by atoms with Gasteiger partial charge in [0, 0.05) is 18.1 Å². The maximum absolute atomic E-state index is 13.7. The minimum absolute atomic E-state index is 0.0744. The van der Waals surface area contributed by atoms with Crippen molar-refractivity contribution < 1.29 is 13.9 Å². The number of alkyl carbamates (subject to hydrolysis) is 1. The van der Waals surface area contributed by atoms with Gasteiger partial charge in [-0.15, -0.1) is 0 Å². The molecule has 0 spiro atoms. The highest BCUT2D eigenvalue weighted by Gasteiger charge is 2.28. The summed E-state index contributed by atoms with van der Waals surface area (Å²) in [6.45, 7) is 9.37. The Morgan fingerprint density at radius 1 is 1.29 bits per heavy atom. The lowest BCUT2D eigenvalue weighted by atomic mass is 10.0. The van der Waals surface area contributed by atoms with E-state index in [9.17, 15) is 9.18 Å². The fraction of sp³-hybridized carbons (Fsp3) is 0.632. The topological polar surface area (TPSA) is 50.4 Å². The van der Waals surface area contributed by atoms with Crippen LogP contribution in [-0.4, -0.2) is 23.8 Å². The fourth-order valence-corrected chi connectivity index (χ4v) is 3.07. The number of rotatable bonds is 4. The van der Waals surface area contributed by atoms with E-state index in [-0.39, 0.29) is 24.0 Å². The second-order valence-electron chi connectivity index (χ2n) is 7.75. The molecule has 4 nitrogen and oxygen atoms in total. The molecule has 1 aromatic rings. The minimum atomic E-state index is -0.482. The van der Waals surface area contributed by atoms with E-state index in [0.29, 0.717) is 11.6 Å². The molecule has 0 heterocycles. The van der Waals surface area contributed by atoms with Crippen LogP contribution in [-0.2, 0) is 4.74 Å². The van der Waals surface area contributed by atoms with E-state index in [1.807, 2.05) is 39.8 Å². The molecule has 3 atom stereocenters. The number of hydrogen-bond acceptors (Lipinski definition) is 3. The molecular formula is C19H29FN2O2. The first-order chi connectivity index (χ1) is 11.1. The van der Waals surface area contributed by atoms with E-state index >= 15 is 0 Å².